The Hall–Kier alpha value is -0.780. The number of hydrogen-bond acceptors (Lipinski definition) is 4. The van der Waals surface area contributed by atoms with Crippen molar-refractivity contribution in [2.45, 2.75) is 63.3 Å². The van der Waals surface area contributed by atoms with Gasteiger partial charge in [0.2, 0.25) is 0 Å². The van der Waals surface area contributed by atoms with Gasteiger partial charge in [-0.1, -0.05) is 12.8 Å². The molecule has 1 aliphatic carbocycles. The first-order valence-electron chi connectivity index (χ1n) is 6.67. The summed E-state index contributed by atoms with van der Waals surface area (Å²) >= 11 is 0. The maximum Gasteiger partial charge on any atom is 0.410 e. The molecule has 19 heavy (non-hydrogen) atoms. The van der Waals surface area contributed by atoms with Crippen LogP contribution in [0, 0.1) is 0 Å². The van der Waals surface area contributed by atoms with Crippen LogP contribution in [0.1, 0.15) is 46.5 Å². The van der Waals surface area contributed by atoms with Crippen LogP contribution >= 0.6 is 0 Å². The fourth-order valence-electron chi connectivity index (χ4n) is 2.49. The third kappa shape index (κ3) is 4.67. The minimum Gasteiger partial charge on any atom is -0.444 e. The molecule has 6 heteroatoms. The van der Waals surface area contributed by atoms with Gasteiger partial charge in [0.15, 0.2) is 9.84 Å². The summed E-state index contributed by atoms with van der Waals surface area (Å²) in [7, 11) is -1.52. The molecular weight excluding hydrogens is 266 g/mol. The number of ether oxygens (including phenoxy) is 1. The maximum absolute atomic E-state index is 12.0. The number of carbonyl (C=O) groups is 1. The Labute approximate surface area is 116 Å². The lowest BCUT2D eigenvalue weighted by atomic mass is 9.94. The van der Waals surface area contributed by atoms with E-state index < -0.39 is 26.8 Å². The average Bonchev–Trinajstić information content (AvgIpc) is 2.24. The van der Waals surface area contributed by atoms with Crippen molar-refractivity contribution >= 4 is 15.9 Å². The topological polar surface area (TPSA) is 63.7 Å². The molecule has 0 radical (unpaired) electrons. The fraction of sp³-hybridized carbons (Fsp3) is 0.923. The van der Waals surface area contributed by atoms with E-state index in [2.05, 4.69) is 0 Å². The molecule has 1 aliphatic rings. The van der Waals surface area contributed by atoms with E-state index in [1.807, 2.05) is 0 Å². The first kappa shape index (κ1) is 16.3. The molecular formula is C13H25NO4S. The first-order valence-corrected chi connectivity index (χ1v) is 8.62. The van der Waals surface area contributed by atoms with Gasteiger partial charge in [0.1, 0.15) is 5.60 Å². The highest BCUT2D eigenvalue weighted by Gasteiger charge is 2.38. The molecule has 2 unspecified atom stereocenters. The standard InChI is InChI=1S/C13H25NO4S/c1-13(2,3)18-12(15)14(4)10-8-6-7-9-11(10)19(5,16)17/h10-11H,6-9H2,1-5H3. The highest BCUT2D eigenvalue weighted by atomic mass is 32.2. The SMILES string of the molecule is CN(C(=O)OC(C)(C)C)C1CCCCC1S(C)(=O)=O. The van der Waals surface area contributed by atoms with Gasteiger partial charge >= 0.3 is 6.09 Å². The van der Waals surface area contributed by atoms with Gasteiger partial charge in [-0.2, -0.15) is 0 Å². The smallest absolute Gasteiger partial charge is 0.410 e. The molecule has 1 fully saturated rings. The number of sulfone groups is 1. The van der Waals surface area contributed by atoms with Crippen LogP contribution in [0.15, 0.2) is 0 Å². The third-order valence-corrected chi connectivity index (χ3v) is 5.05. The van der Waals surface area contributed by atoms with Crippen LogP contribution in [0.5, 0.6) is 0 Å². The van der Waals surface area contributed by atoms with Gasteiger partial charge in [0, 0.05) is 13.3 Å². The summed E-state index contributed by atoms with van der Waals surface area (Å²) in [6, 6.07) is -0.279. The second kappa shape index (κ2) is 5.69. The quantitative estimate of drug-likeness (QED) is 0.782. The van der Waals surface area contributed by atoms with Crippen LogP contribution in [0.4, 0.5) is 4.79 Å². The maximum atomic E-state index is 12.0. The largest absolute Gasteiger partial charge is 0.444 e. The second-order valence-corrected chi connectivity index (χ2v) is 8.58. The minimum atomic E-state index is -3.15. The number of amides is 1. The summed E-state index contributed by atoms with van der Waals surface area (Å²) in [5.41, 5.74) is -0.569. The van der Waals surface area contributed by atoms with Crippen molar-refractivity contribution in [2.75, 3.05) is 13.3 Å². The van der Waals surface area contributed by atoms with Crippen molar-refractivity contribution < 1.29 is 17.9 Å². The molecule has 1 amide bonds. The zero-order valence-corrected chi connectivity index (χ0v) is 13.3. The van der Waals surface area contributed by atoms with Crippen LogP contribution in [0.3, 0.4) is 0 Å². The third-order valence-electron chi connectivity index (χ3n) is 3.40. The lowest BCUT2D eigenvalue weighted by molar-refractivity contribution is 0.0193. The molecule has 0 spiro atoms. The van der Waals surface area contributed by atoms with Crippen molar-refractivity contribution in [1.29, 1.82) is 0 Å². The summed E-state index contributed by atoms with van der Waals surface area (Å²) in [5.74, 6) is 0. The molecule has 112 valence electrons. The Kier molecular flexibility index (Phi) is 4.87. The molecule has 0 heterocycles. The van der Waals surface area contributed by atoms with Gasteiger partial charge < -0.3 is 9.64 Å². The van der Waals surface area contributed by atoms with Crippen LogP contribution in [0.2, 0.25) is 0 Å². The Bertz CT molecular complexity index is 424. The predicted octanol–water partition coefficient (Wildman–Crippen LogP) is 2.21. The number of carbonyl (C=O) groups excluding carboxylic acids is 1. The van der Waals surface area contributed by atoms with Gasteiger partial charge in [0.05, 0.1) is 11.3 Å². The van der Waals surface area contributed by atoms with E-state index in [0.717, 1.165) is 12.8 Å². The predicted molar refractivity (Wildman–Crippen MR) is 74.9 cm³/mol. The molecule has 1 saturated carbocycles. The van der Waals surface area contributed by atoms with E-state index in [1.54, 1.807) is 27.8 Å². The molecule has 1 rings (SSSR count). The zero-order valence-electron chi connectivity index (χ0n) is 12.5. The van der Waals surface area contributed by atoms with E-state index in [1.165, 1.54) is 11.2 Å². The highest BCUT2D eigenvalue weighted by molar-refractivity contribution is 7.91. The van der Waals surface area contributed by atoms with Crippen molar-refractivity contribution in [3.8, 4) is 0 Å². The Morgan fingerprint density at radius 3 is 2.21 bits per heavy atom. The Morgan fingerprint density at radius 1 is 1.21 bits per heavy atom. The van der Waals surface area contributed by atoms with E-state index in [9.17, 15) is 13.2 Å². The van der Waals surface area contributed by atoms with E-state index in [4.69, 9.17) is 4.74 Å². The molecule has 0 bridgehead atoms. The lowest BCUT2D eigenvalue weighted by Crippen LogP contribution is -2.50. The molecule has 0 saturated heterocycles. The summed E-state index contributed by atoms with van der Waals surface area (Å²) in [4.78, 5) is 13.5. The van der Waals surface area contributed by atoms with Crippen LogP contribution < -0.4 is 0 Å². The molecule has 5 nitrogen and oxygen atoms in total. The van der Waals surface area contributed by atoms with Crippen molar-refractivity contribution in [3.05, 3.63) is 0 Å². The summed E-state index contributed by atoms with van der Waals surface area (Å²) in [6.07, 6.45) is 3.98. The molecule has 0 aromatic carbocycles. The summed E-state index contributed by atoms with van der Waals surface area (Å²) in [5, 5.41) is -0.473. The molecule has 0 aliphatic heterocycles. The number of rotatable bonds is 2. The van der Waals surface area contributed by atoms with Gasteiger partial charge in [-0.25, -0.2) is 13.2 Å². The van der Waals surface area contributed by atoms with Crippen LogP contribution in [-0.2, 0) is 14.6 Å². The molecule has 0 N–H and O–H groups in total. The van der Waals surface area contributed by atoms with E-state index in [-0.39, 0.29) is 6.04 Å². The average molecular weight is 291 g/mol. The van der Waals surface area contributed by atoms with Gasteiger partial charge in [0.25, 0.3) is 0 Å². The van der Waals surface area contributed by atoms with Gasteiger partial charge in [-0.3, -0.25) is 0 Å². The van der Waals surface area contributed by atoms with Crippen molar-refractivity contribution in [3.63, 3.8) is 0 Å². The Balaban J connectivity index is 2.83. The summed E-state index contributed by atoms with van der Waals surface area (Å²) < 4.78 is 29.0. The van der Waals surface area contributed by atoms with Gasteiger partial charge in [-0.05, 0) is 33.6 Å². The molecule has 0 aromatic rings. The molecule has 2 atom stereocenters. The van der Waals surface area contributed by atoms with E-state index >= 15 is 0 Å². The minimum absolute atomic E-state index is 0.279. The fourth-order valence-corrected chi connectivity index (χ4v) is 3.97. The first-order chi connectivity index (χ1) is 8.52. The molecule has 0 aromatic heterocycles. The van der Waals surface area contributed by atoms with Gasteiger partial charge in [-0.15, -0.1) is 0 Å². The van der Waals surface area contributed by atoms with Crippen molar-refractivity contribution in [2.24, 2.45) is 0 Å². The van der Waals surface area contributed by atoms with Crippen LogP contribution in [-0.4, -0.2) is 49.6 Å². The normalized spacial score (nSPS) is 24.9. The number of hydrogen-bond donors (Lipinski definition) is 0. The lowest BCUT2D eigenvalue weighted by Gasteiger charge is -2.37. The van der Waals surface area contributed by atoms with Crippen LogP contribution in [0.25, 0.3) is 0 Å². The second-order valence-electron chi connectivity index (χ2n) is 6.31. The highest BCUT2D eigenvalue weighted by Crippen LogP contribution is 2.28. The Morgan fingerprint density at radius 2 is 1.74 bits per heavy atom. The summed E-state index contributed by atoms with van der Waals surface area (Å²) in [6.45, 7) is 5.40. The van der Waals surface area contributed by atoms with E-state index in [0.29, 0.717) is 12.8 Å². The monoisotopic (exact) mass is 291 g/mol. The zero-order chi connectivity index (χ0) is 14.8. The van der Waals surface area contributed by atoms with Crippen molar-refractivity contribution in [1.82, 2.24) is 4.90 Å². The number of nitrogens with zero attached hydrogens (tertiary/aromatic N) is 1.